The molecule has 3 rings (SSSR count). The number of likely N-dealkylation sites (N-methyl/N-ethyl adjacent to an activating group) is 1. The summed E-state index contributed by atoms with van der Waals surface area (Å²) < 4.78 is 0. The van der Waals surface area contributed by atoms with Crippen LogP contribution in [0.4, 0.5) is 0 Å². The van der Waals surface area contributed by atoms with Crippen LogP contribution in [0, 0.1) is 0 Å². The lowest BCUT2D eigenvalue weighted by Crippen LogP contribution is -2.43. The van der Waals surface area contributed by atoms with E-state index in [9.17, 15) is 14.4 Å². The number of nitrogens with zero attached hydrogens (tertiary/aromatic N) is 2. The van der Waals surface area contributed by atoms with Crippen molar-refractivity contribution < 1.29 is 19.2 Å². The minimum Gasteiger partial charge on any atom is -0.328 e. The fourth-order valence-electron chi connectivity index (χ4n) is 2.71. The van der Waals surface area contributed by atoms with Gasteiger partial charge in [-0.1, -0.05) is 47.5 Å². The molecule has 0 aliphatic carbocycles. The highest BCUT2D eigenvalue weighted by Gasteiger charge is 2.40. The summed E-state index contributed by atoms with van der Waals surface area (Å²) in [6.45, 7) is 0. The second-order valence-corrected chi connectivity index (χ2v) is 6.03. The SMILES string of the molecule is CN(C)C(Cc1ccccc1)C(=O)ON1C(=O)c2ccccc2C1=O. The van der Waals surface area contributed by atoms with E-state index in [1.165, 1.54) is 12.1 Å². The first kappa shape index (κ1) is 16.9. The maximum absolute atomic E-state index is 12.6. The molecule has 0 bridgehead atoms. The maximum Gasteiger partial charge on any atom is 0.350 e. The molecule has 6 heteroatoms. The zero-order valence-electron chi connectivity index (χ0n) is 14.0. The third kappa shape index (κ3) is 3.29. The predicted molar refractivity (Wildman–Crippen MR) is 90.7 cm³/mol. The Morgan fingerprint density at radius 1 is 0.960 bits per heavy atom. The highest BCUT2D eigenvalue weighted by Crippen LogP contribution is 2.23. The number of hydroxylamine groups is 2. The van der Waals surface area contributed by atoms with Gasteiger partial charge in [-0.2, -0.15) is 0 Å². The Balaban J connectivity index is 1.76. The lowest BCUT2D eigenvalue weighted by Gasteiger charge is -2.24. The van der Waals surface area contributed by atoms with Crippen LogP contribution in [0.15, 0.2) is 54.6 Å². The third-order valence-corrected chi connectivity index (χ3v) is 4.11. The van der Waals surface area contributed by atoms with Crippen LogP contribution in [-0.2, 0) is 16.1 Å². The number of hydrogen-bond acceptors (Lipinski definition) is 5. The van der Waals surface area contributed by atoms with Crippen molar-refractivity contribution >= 4 is 17.8 Å². The molecule has 6 nitrogen and oxygen atoms in total. The molecule has 0 spiro atoms. The summed E-state index contributed by atoms with van der Waals surface area (Å²) in [7, 11) is 3.49. The molecule has 0 saturated carbocycles. The van der Waals surface area contributed by atoms with E-state index in [0.29, 0.717) is 11.5 Å². The molecule has 1 unspecified atom stereocenters. The van der Waals surface area contributed by atoms with Crippen LogP contribution < -0.4 is 0 Å². The molecule has 1 heterocycles. The molecule has 0 saturated heterocycles. The molecule has 2 aromatic carbocycles. The van der Waals surface area contributed by atoms with Crippen LogP contribution in [0.25, 0.3) is 0 Å². The predicted octanol–water partition coefficient (Wildman–Crippen LogP) is 1.91. The summed E-state index contributed by atoms with van der Waals surface area (Å²) in [5.41, 5.74) is 1.44. The fourth-order valence-corrected chi connectivity index (χ4v) is 2.71. The van der Waals surface area contributed by atoms with Gasteiger partial charge in [-0.3, -0.25) is 14.5 Å². The highest BCUT2D eigenvalue weighted by molar-refractivity contribution is 6.20. The number of hydrogen-bond donors (Lipinski definition) is 0. The first-order valence-corrected chi connectivity index (χ1v) is 7.89. The number of imide groups is 1. The molecule has 1 atom stereocenters. The Labute approximate surface area is 145 Å². The topological polar surface area (TPSA) is 66.9 Å². The number of rotatable bonds is 5. The van der Waals surface area contributed by atoms with Crippen molar-refractivity contribution in [2.45, 2.75) is 12.5 Å². The first-order chi connectivity index (χ1) is 12.0. The van der Waals surface area contributed by atoms with Gasteiger partial charge in [-0.05, 0) is 38.2 Å². The van der Waals surface area contributed by atoms with Crippen molar-refractivity contribution in [1.82, 2.24) is 9.96 Å². The van der Waals surface area contributed by atoms with Crippen LogP contribution in [0.3, 0.4) is 0 Å². The Bertz CT molecular complexity index is 782. The molecule has 0 N–H and O–H groups in total. The van der Waals surface area contributed by atoms with Crippen molar-refractivity contribution in [3.8, 4) is 0 Å². The van der Waals surface area contributed by atoms with Crippen molar-refractivity contribution in [3.05, 3.63) is 71.3 Å². The highest BCUT2D eigenvalue weighted by atomic mass is 16.7. The van der Waals surface area contributed by atoms with Gasteiger partial charge in [0, 0.05) is 0 Å². The minimum atomic E-state index is -0.650. The zero-order valence-corrected chi connectivity index (χ0v) is 14.0. The number of carbonyl (C=O) groups excluding carboxylic acids is 3. The molecule has 25 heavy (non-hydrogen) atoms. The molecule has 128 valence electrons. The van der Waals surface area contributed by atoms with Crippen molar-refractivity contribution in [2.24, 2.45) is 0 Å². The number of benzene rings is 2. The van der Waals surface area contributed by atoms with Gasteiger partial charge in [-0.25, -0.2) is 4.79 Å². The van der Waals surface area contributed by atoms with Gasteiger partial charge in [0.25, 0.3) is 11.8 Å². The third-order valence-electron chi connectivity index (χ3n) is 4.11. The van der Waals surface area contributed by atoms with Crippen LogP contribution >= 0.6 is 0 Å². The Hall–Kier alpha value is -2.99. The first-order valence-electron chi connectivity index (χ1n) is 7.89. The summed E-state index contributed by atoms with van der Waals surface area (Å²) in [5.74, 6) is -1.89. The summed E-state index contributed by atoms with van der Waals surface area (Å²) in [5, 5.41) is 0.550. The lowest BCUT2D eigenvalue weighted by molar-refractivity contribution is -0.174. The molecule has 0 radical (unpaired) electrons. The van der Waals surface area contributed by atoms with Gasteiger partial charge < -0.3 is 4.84 Å². The summed E-state index contributed by atoms with van der Waals surface area (Å²) >= 11 is 0. The van der Waals surface area contributed by atoms with Crippen molar-refractivity contribution in [1.29, 1.82) is 0 Å². The fraction of sp³-hybridized carbons (Fsp3) is 0.211. The molecule has 1 aliphatic rings. The van der Waals surface area contributed by atoms with Gasteiger partial charge >= 0.3 is 5.97 Å². The van der Waals surface area contributed by atoms with E-state index in [0.717, 1.165) is 5.56 Å². The molecule has 1 aliphatic heterocycles. The van der Waals surface area contributed by atoms with E-state index in [2.05, 4.69) is 0 Å². The number of amides is 2. The molecule has 2 aromatic rings. The van der Waals surface area contributed by atoms with E-state index < -0.39 is 23.8 Å². The second kappa shape index (κ2) is 6.86. The quantitative estimate of drug-likeness (QED) is 0.779. The van der Waals surface area contributed by atoms with E-state index in [1.54, 1.807) is 31.1 Å². The summed E-state index contributed by atoms with van der Waals surface area (Å²) in [4.78, 5) is 44.1. The largest absolute Gasteiger partial charge is 0.350 e. The van der Waals surface area contributed by atoms with Gasteiger partial charge in [0.15, 0.2) is 0 Å². The van der Waals surface area contributed by atoms with Crippen LogP contribution in [0.2, 0.25) is 0 Å². The molecular formula is C19H18N2O4. The Morgan fingerprint density at radius 2 is 1.48 bits per heavy atom. The van der Waals surface area contributed by atoms with Crippen molar-refractivity contribution in [3.63, 3.8) is 0 Å². The lowest BCUT2D eigenvalue weighted by atomic mass is 10.1. The minimum absolute atomic E-state index is 0.241. The Morgan fingerprint density at radius 3 is 2.00 bits per heavy atom. The smallest absolute Gasteiger partial charge is 0.328 e. The molecule has 2 amide bonds. The van der Waals surface area contributed by atoms with Gasteiger partial charge in [0.2, 0.25) is 0 Å². The molecule has 0 aromatic heterocycles. The van der Waals surface area contributed by atoms with Gasteiger partial charge in [0.1, 0.15) is 6.04 Å². The Kier molecular flexibility index (Phi) is 4.63. The zero-order chi connectivity index (χ0) is 18.0. The number of fused-ring (bicyclic) bond motifs is 1. The van der Waals surface area contributed by atoms with Crippen LogP contribution in [-0.4, -0.2) is 47.9 Å². The van der Waals surface area contributed by atoms with Crippen LogP contribution in [0.1, 0.15) is 26.3 Å². The van der Waals surface area contributed by atoms with Gasteiger partial charge in [0.05, 0.1) is 11.1 Å². The monoisotopic (exact) mass is 338 g/mol. The summed E-state index contributed by atoms with van der Waals surface area (Å²) in [6.07, 6.45) is 0.413. The van der Waals surface area contributed by atoms with E-state index in [1.807, 2.05) is 30.3 Å². The van der Waals surface area contributed by atoms with Gasteiger partial charge in [-0.15, -0.1) is 0 Å². The average molecular weight is 338 g/mol. The number of carbonyl (C=O) groups is 3. The van der Waals surface area contributed by atoms with Crippen LogP contribution in [0.5, 0.6) is 0 Å². The van der Waals surface area contributed by atoms with Crippen molar-refractivity contribution in [2.75, 3.05) is 14.1 Å². The summed E-state index contributed by atoms with van der Waals surface area (Å²) in [6, 6.07) is 15.3. The van der Waals surface area contributed by atoms with E-state index in [4.69, 9.17) is 4.84 Å². The van der Waals surface area contributed by atoms with E-state index in [-0.39, 0.29) is 11.1 Å². The maximum atomic E-state index is 12.6. The van der Waals surface area contributed by atoms with E-state index >= 15 is 0 Å². The normalized spacial score (nSPS) is 14.6. The molecular weight excluding hydrogens is 320 g/mol. The second-order valence-electron chi connectivity index (χ2n) is 6.03. The standard InChI is InChI=1S/C19H18N2O4/c1-20(2)16(12-13-8-4-3-5-9-13)19(24)25-21-17(22)14-10-6-7-11-15(14)18(21)23/h3-11,16H,12H2,1-2H3. The molecule has 0 fully saturated rings. The average Bonchev–Trinajstić information content (AvgIpc) is 2.85.